The van der Waals surface area contributed by atoms with E-state index in [9.17, 15) is 9.59 Å². The molecule has 146 valence electrons. The smallest absolute Gasteiger partial charge is 0.416 e. The van der Waals surface area contributed by atoms with E-state index in [2.05, 4.69) is 26.2 Å². The van der Waals surface area contributed by atoms with Crippen LogP contribution in [0.2, 0.25) is 0 Å². The molecule has 1 saturated carbocycles. The van der Waals surface area contributed by atoms with Crippen molar-refractivity contribution in [2.24, 2.45) is 5.92 Å². The second-order valence-electron chi connectivity index (χ2n) is 7.32. The highest BCUT2D eigenvalue weighted by Gasteiger charge is 2.48. The summed E-state index contributed by atoms with van der Waals surface area (Å²) in [5.74, 6) is 0.418. The fourth-order valence-corrected chi connectivity index (χ4v) is 4.24. The number of anilines is 3. The SMILES string of the molecule is Nc1cc(Br)ccc1NC(=O)[C@H]1CC[C@]2(CC1)CN(c1ccccn1)C(=O)O2. The Kier molecular flexibility index (Phi) is 4.97. The molecule has 7 nitrogen and oxygen atoms in total. The van der Waals surface area contributed by atoms with E-state index in [0.717, 1.165) is 4.47 Å². The predicted molar refractivity (Wildman–Crippen MR) is 110 cm³/mol. The predicted octanol–water partition coefficient (Wildman–Crippen LogP) is 3.95. The van der Waals surface area contributed by atoms with E-state index in [1.807, 2.05) is 18.2 Å². The van der Waals surface area contributed by atoms with Crippen molar-refractivity contribution in [3.8, 4) is 0 Å². The first-order valence-corrected chi connectivity index (χ1v) is 10.0. The van der Waals surface area contributed by atoms with Crippen LogP contribution in [0.5, 0.6) is 0 Å². The van der Waals surface area contributed by atoms with Gasteiger partial charge in [-0.2, -0.15) is 0 Å². The van der Waals surface area contributed by atoms with Crippen LogP contribution in [0.15, 0.2) is 47.1 Å². The molecule has 2 aliphatic rings. The molecular formula is C20H21BrN4O3. The topological polar surface area (TPSA) is 97.5 Å². The van der Waals surface area contributed by atoms with Gasteiger partial charge in [0.05, 0.1) is 17.9 Å². The summed E-state index contributed by atoms with van der Waals surface area (Å²) in [6, 6.07) is 10.8. The number of ether oxygens (including phenoxy) is 1. The lowest BCUT2D eigenvalue weighted by atomic mass is 9.78. The molecule has 1 aliphatic heterocycles. The Hall–Kier alpha value is -2.61. The first kappa shape index (κ1) is 18.7. The number of aromatic nitrogens is 1. The maximum absolute atomic E-state index is 12.7. The summed E-state index contributed by atoms with van der Waals surface area (Å²) in [7, 11) is 0. The number of amides is 2. The number of halogens is 1. The molecule has 0 unspecified atom stereocenters. The van der Waals surface area contributed by atoms with Crippen molar-refractivity contribution >= 4 is 45.1 Å². The molecule has 4 rings (SSSR count). The Bertz CT molecular complexity index is 898. The highest BCUT2D eigenvalue weighted by Crippen LogP contribution is 2.41. The Labute approximate surface area is 171 Å². The first-order valence-electron chi connectivity index (χ1n) is 9.23. The molecule has 2 aromatic rings. The molecule has 0 atom stereocenters. The number of pyridine rings is 1. The van der Waals surface area contributed by atoms with Crippen molar-refractivity contribution in [2.75, 3.05) is 22.5 Å². The Morgan fingerprint density at radius 1 is 1.29 bits per heavy atom. The van der Waals surface area contributed by atoms with Crippen LogP contribution in [0.3, 0.4) is 0 Å². The largest absolute Gasteiger partial charge is 0.441 e. The van der Waals surface area contributed by atoms with Gasteiger partial charge in [0.1, 0.15) is 11.4 Å². The second-order valence-corrected chi connectivity index (χ2v) is 8.24. The number of nitrogens with two attached hydrogens (primary N) is 1. The quantitative estimate of drug-likeness (QED) is 0.698. The normalized spacial score (nSPS) is 24.2. The monoisotopic (exact) mass is 444 g/mol. The lowest BCUT2D eigenvalue weighted by Gasteiger charge is -2.34. The maximum atomic E-state index is 12.7. The van der Waals surface area contributed by atoms with E-state index >= 15 is 0 Å². The average molecular weight is 445 g/mol. The number of rotatable bonds is 3. The summed E-state index contributed by atoms with van der Waals surface area (Å²) in [5.41, 5.74) is 6.56. The van der Waals surface area contributed by atoms with Gasteiger partial charge in [0.15, 0.2) is 0 Å². The third kappa shape index (κ3) is 3.69. The van der Waals surface area contributed by atoms with E-state index < -0.39 is 5.60 Å². The highest BCUT2D eigenvalue weighted by molar-refractivity contribution is 9.10. The fraction of sp³-hybridized carbons (Fsp3) is 0.350. The fourth-order valence-electron chi connectivity index (χ4n) is 3.86. The zero-order valence-electron chi connectivity index (χ0n) is 15.2. The van der Waals surface area contributed by atoms with Crippen molar-refractivity contribution in [2.45, 2.75) is 31.3 Å². The molecule has 0 radical (unpaired) electrons. The zero-order chi connectivity index (χ0) is 19.7. The van der Waals surface area contributed by atoms with E-state index in [1.54, 1.807) is 29.3 Å². The van der Waals surface area contributed by atoms with Gasteiger partial charge in [0.25, 0.3) is 0 Å². The molecule has 3 N–H and O–H groups in total. The Balaban J connectivity index is 1.38. The summed E-state index contributed by atoms with van der Waals surface area (Å²) in [4.78, 5) is 30.8. The van der Waals surface area contributed by atoms with Gasteiger partial charge in [-0.05, 0) is 56.0 Å². The van der Waals surface area contributed by atoms with Gasteiger partial charge >= 0.3 is 6.09 Å². The lowest BCUT2D eigenvalue weighted by molar-refractivity contribution is -0.122. The van der Waals surface area contributed by atoms with Crippen LogP contribution in [0.4, 0.5) is 22.0 Å². The van der Waals surface area contributed by atoms with Crippen LogP contribution in [-0.2, 0) is 9.53 Å². The van der Waals surface area contributed by atoms with E-state index in [1.165, 1.54) is 0 Å². The summed E-state index contributed by atoms with van der Waals surface area (Å²) in [6.07, 6.45) is 3.90. The van der Waals surface area contributed by atoms with Crippen LogP contribution in [0, 0.1) is 5.92 Å². The number of hydrogen-bond donors (Lipinski definition) is 2. The Morgan fingerprint density at radius 2 is 2.07 bits per heavy atom. The molecule has 8 heteroatoms. The van der Waals surface area contributed by atoms with Crippen LogP contribution >= 0.6 is 15.9 Å². The standard InChI is InChI=1S/C20H21BrN4O3/c21-14-4-5-16(15(22)11-14)24-18(26)13-6-8-20(9-7-13)12-25(19(27)28-20)17-3-1-2-10-23-17/h1-5,10-11,13H,6-9,12,22H2,(H,24,26)/t13-,20-. The number of carbonyl (C=O) groups excluding carboxylic acids is 2. The van der Waals surface area contributed by atoms with Crippen LogP contribution in [0.25, 0.3) is 0 Å². The van der Waals surface area contributed by atoms with Crippen molar-refractivity contribution in [3.63, 3.8) is 0 Å². The van der Waals surface area contributed by atoms with E-state index in [4.69, 9.17) is 10.5 Å². The molecule has 1 aromatic carbocycles. The third-order valence-corrected chi connectivity index (χ3v) is 5.93. The second kappa shape index (κ2) is 7.43. The van der Waals surface area contributed by atoms with Crippen molar-refractivity contribution in [1.82, 2.24) is 4.98 Å². The zero-order valence-corrected chi connectivity index (χ0v) is 16.8. The molecule has 1 aliphatic carbocycles. The van der Waals surface area contributed by atoms with Gasteiger partial charge < -0.3 is 15.8 Å². The minimum Gasteiger partial charge on any atom is -0.441 e. The number of hydrogen-bond acceptors (Lipinski definition) is 5. The number of nitrogens with zero attached hydrogens (tertiary/aromatic N) is 2. The molecular weight excluding hydrogens is 424 g/mol. The maximum Gasteiger partial charge on any atom is 0.416 e. The summed E-state index contributed by atoms with van der Waals surface area (Å²) in [6.45, 7) is 0.469. The summed E-state index contributed by atoms with van der Waals surface area (Å²) in [5, 5.41) is 2.92. The first-order chi connectivity index (χ1) is 13.5. The molecule has 0 bridgehead atoms. The summed E-state index contributed by atoms with van der Waals surface area (Å²) >= 11 is 3.36. The third-order valence-electron chi connectivity index (χ3n) is 5.44. The lowest BCUT2D eigenvalue weighted by Crippen LogP contribution is -2.41. The number of benzene rings is 1. The van der Waals surface area contributed by atoms with E-state index in [0.29, 0.717) is 49.4 Å². The van der Waals surface area contributed by atoms with Crippen molar-refractivity contribution < 1.29 is 14.3 Å². The van der Waals surface area contributed by atoms with Crippen LogP contribution in [0.1, 0.15) is 25.7 Å². The van der Waals surface area contributed by atoms with Gasteiger partial charge in [-0.1, -0.05) is 22.0 Å². The van der Waals surface area contributed by atoms with Gasteiger partial charge in [0, 0.05) is 16.6 Å². The van der Waals surface area contributed by atoms with Gasteiger partial charge in [-0.15, -0.1) is 0 Å². The summed E-state index contributed by atoms with van der Waals surface area (Å²) < 4.78 is 6.59. The molecule has 2 heterocycles. The molecule has 1 spiro atoms. The molecule has 28 heavy (non-hydrogen) atoms. The molecule has 1 aromatic heterocycles. The molecule has 2 amide bonds. The highest BCUT2D eigenvalue weighted by atomic mass is 79.9. The number of nitrogen functional groups attached to an aromatic ring is 1. The van der Waals surface area contributed by atoms with Gasteiger partial charge in [-0.25, -0.2) is 9.78 Å². The average Bonchev–Trinajstić information content (AvgIpc) is 3.01. The van der Waals surface area contributed by atoms with E-state index in [-0.39, 0.29) is 17.9 Å². The van der Waals surface area contributed by atoms with Crippen molar-refractivity contribution in [3.05, 3.63) is 47.1 Å². The minimum absolute atomic E-state index is 0.0465. The van der Waals surface area contributed by atoms with Gasteiger partial charge in [0.2, 0.25) is 5.91 Å². The van der Waals surface area contributed by atoms with Crippen LogP contribution < -0.4 is 16.0 Å². The minimum atomic E-state index is -0.540. The molecule has 1 saturated heterocycles. The number of carbonyl (C=O) groups is 2. The Morgan fingerprint density at radius 3 is 2.75 bits per heavy atom. The van der Waals surface area contributed by atoms with Gasteiger partial charge in [-0.3, -0.25) is 9.69 Å². The number of nitrogens with one attached hydrogen (secondary N) is 1. The van der Waals surface area contributed by atoms with Crippen LogP contribution in [-0.4, -0.2) is 29.1 Å². The molecule has 2 fully saturated rings. The van der Waals surface area contributed by atoms with Crippen molar-refractivity contribution in [1.29, 1.82) is 0 Å².